The molecule has 2 rings (SSSR count). The van der Waals surface area contributed by atoms with Gasteiger partial charge in [-0.15, -0.1) is 11.3 Å². The Bertz CT molecular complexity index is 652. The average molecular weight is 285 g/mol. The Labute approximate surface area is 108 Å². The predicted molar refractivity (Wildman–Crippen MR) is 69.7 cm³/mol. The number of anilines is 2. The van der Waals surface area contributed by atoms with Gasteiger partial charge in [0.1, 0.15) is 0 Å². The standard InChI is InChI=1S/C9H11N5O2S2/c1-6-5-17-9(12-6)14-18(15,16)8-7(13-10)3-2-4-11-8/h2-5,13H,10H2,1H3,(H,12,14). The fourth-order valence-electron chi connectivity index (χ4n) is 1.28. The van der Waals surface area contributed by atoms with E-state index in [0.717, 1.165) is 5.69 Å². The summed E-state index contributed by atoms with van der Waals surface area (Å²) < 4.78 is 26.5. The molecule has 4 N–H and O–H groups in total. The summed E-state index contributed by atoms with van der Waals surface area (Å²) in [4.78, 5) is 7.83. The molecule has 9 heteroatoms. The highest BCUT2D eigenvalue weighted by Crippen LogP contribution is 2.22. The van der Waals surface area contributed by atoms with Crippen molar-refractivity contribution < 1.29 is 8.42 Å². The summed E-state index contributed by atoms with van der Waals surface area (Å²) in [7, 11) is -3.80. The number of pyridine rings is 1. The molecular weight excluding hydrogens is 274 g/mol. The number of nitrogens with one attached hydrogen (secondary N) is 2. The predicted octanol–water partition coefficient (Wildman–Crippen LogP) is 0.933. The number of nitrogens with zero attached hydrogens (tertiary/aromatic N) is 2. The van der Waals surface area contributed by atoms with Crippen molar-refractivity contribution in [3.05, 3.63) is 29.4 Å². The van der Waals surface area contributed by atoms with Crippen LogP contribution in [0.5, 0.6) is 0 Å². The van der Waals surface area contributed by atoms with Gasteiger partial charge in [-0.2, -0.15) is 8.42 Å². The Kier molecular flexibility index (Phi) is 3.45. The monoisotopic (exact) mass is 285 g/mol. The van der Waals surface area contributed by atoms with Crippen LogP contribution in [0, 0.1) is 6.92 Å². The van der Waals surface area contributed by atoms with Gasteiger partial charge in [0.05, 0.1) is 11.4 Å². The lowest BCUT2D eigenvalue weighted by molar-refractivity contribution is 0.598. The van der Waals surface area contributed by atoms with E-state index in [0.29, 0.717) is 5.13 Å². The van der Waals surface area contributed by atoms with Crippen molar-refractivity contribution in [2.24, 2.45) is 5.84 Å². The fourth-order valence-corrected chi connectivity index (χ4v) is 3.32. The molecule has 0 saturated heterocycles. The zero-order valence-electron chi connectivity index (χ0n) is 9.41. The number of sulfonamides is 1. The Balaban J connectivity index is 2.36. The number of nitrogens with two attached hydrogens (primary N) is 1. The highest BCUT2D eigenvalue weighted by molar-refractivity contribution is 7.93. The molecule has 0 aliphatic carbocycles. The number of hydrogen-bond acceptors (Lipinski definition) is 7. The van der Waals surface area contributed by atoms with E-state index < -0.39 is 10.0 Å². The number of hydrazine groups is 1. The van der Waals surface area contributed by atoms with Crippen LogP contribution in [0.2, 0.25) is 0 Å². The van der Waals surface area contributed by atoms with Crippen molar-refractivity contribution in [2.45, 2.75) is 11.9 Å². The van der Waals surface area contributed by atoms with Gasteiger partial charge in [0.2, 0.25) is 5.03 Å². The van der Waals surface area contributed by atoms with Crippen LogP contribution in [-0.4, -0.2) is 18.4 Å². The van der Waals surface area contributed by atoms with Crippen LogP contribution < -0.4 is 16.0 Å². The summed E-state index contributed by atoms with van der Waals surface area (Å²) in [6.07, 6.45) is 1.38. The molecule has 0 unspecified atom stereocenters. The highest BCUT2D eigenvalue weighted by Gasteiger charge is 2.21. The number of aromatic nitrogens is 2. The first-order valence-corrected chi connectivity index (χ1v) is 7.26. The first-order chi connectivity index (χ1) is 8.53. The normalized spacial score (nSPS) is 11.2. The summed E-state index contributed by atoms with van der Waals surface area (Å²) in [5, 5.41) is 1.87. The molecule has 0 amide bonds. The second-order valence-corrected chi connectivity index (χ2v) is 5.86. The third-order valence-corrected chi connectivity index (χ3v) is 4.32. The summed E-state index contributed by atoms with van der Waals surface area (Å²) in [5.74, 6) is 5.25. The van der Waals surface area contributed by atoms with E-state index >= 15 is 0 Å². The Hall–Kier alpha value is -1.71. The summed E-state index contributed by atoms with van der Waals surface area (Å²) >= 11 is 1.20. The zero-order chi connectivity index (χ0) is 13.2. The summed E-state index contributed by atoms with van der Waals surface area (Å²) in [6, 6.07) is 3.11. The third kappa shape index (κ3) is 2.58. The van der Waals surface area contributed by atoms with Gasteiger partial charge in [0, 0.05) is 11.6 Å². The van der Waals surface area contributed by atoms with Crippen LogP contribution in [0.1, 0.15) is 5.69 Å². The van der Waals surface area contributed by atoms with Crippen LogP contribution in [0.25, 0.3) is 0 Å². The largest absolute Gasteiger partial charge is 0.321 e. The van der Waals surface area contributed by atoms with Gasteiger partial charge < -0.3 is 5.43 Å². The van der Waals surface area contributed by atoms with Crippen LogP contribution in [0.3, 0.4) is 0 Å². The van der Waals surface area contributed by atoms with Crippen molar-refractivity contribution in [3.63, 3.8) is 0 Å². The molecule has 2 aromatic heterocycles. The van der Waals surface area contributed by atoms with E-state index in [2.05, 4.69) is 20.1 Å². The molecule has 96 valence electrons. The summed E-state index contributed by atoms with van der Waals surface area (Å²) in [5.41, 5.74) is 3.26. The smallest absolute Gasteiger partial charge is 0.283 e. The van der Waals surface area contributed by atoms with Crippen LogP contribution >= 0.6 is 11.3 Å². The van der Waals surface area contributed by atoms with Crippen LogP contribution in [-0.2, 0) is 10.0 Å². The average Bonchev–Trinajstić information content (AvgIpc) is 2.74. The van der Waals surface area contributed by atoms with Gasteiger partial charge in [-0.3, -0.25) is 10.6 Å². The molecule has 0 fully saturated rings. The van der Waals surface area contributed by atoms with Crippen LogP contribution in [0.4, 0.5) is 10.8 Å². The van der Waals surface area contributed by atoms with Crippen molar-refractivity contribution in [3.8, 4) is 0 Å². The van der Waals surface area contributed by atoms with Gasteiger partial charge in [-0.05, 0) is 19.1 Å². The van der Waals surface area contributed by atoms with Gasteiger partial charge in [0.15, 0.2) is 5.13 Å². The molecule has 0 atom stereocenters. The number of hydrogen-bond donors (Lipinski definition) is 3. The van der Waals surface area contributed by atoms with Crippen molar-refractivity contribution in [2.75, 3.05) is 10.1 Å². The van der Waals surface area contributed by atoms with Gasteiger partial charge in [-0.1, -0.05) is 0 Å². The minimum absolute atomic E-state index is 0.166. The lowest BCUT2D eigenvalue weighted by atomic mass is 10.4. The molecule has 2 heterocycles. The quantitative estimate of drug-likeness (QED) is 0.569. The Morgan fingerprint density at radius 2 is 2.22 bits per heavy atom. The third-order valence-electron chi connectivity index (χ3n) is 2.02. The molecule has 7 nitrogen and oxygen atoms in total. The number of thiazole rings is 1. The maximum atomic E-state index is 12.1. The highest BCUT2D eigenvalue weighted by atomic mass is 32.2. The minimum Gasteiger partial charge on any atom is -0.321 e. The van der Waals surface area contributed by atoms with E-state index in [1.807, 2.05) is 0 Å². The SMILES string of the molecule is Cc1csc(NS(=O)(=O)c2ncccc2NN)n1. The lowest BCUT2D eigenvalue weighted by Crippen LogP contribution is -2.18. The van der Waals surface area contributed by atoms with E-state index in [1.165, 1.54) is 23.6 Å². The molecule has 0 saturated carbocycles. The second kappa shape index (κ2) is 4.88. The lowest BCUT2D eigenvalue weighted by Gasteiger charge is -2.08. The van der Waals surface area contributed by atoms with Gasteiger partial charge in [-0.25, -0.2) is 9.97 Å². The molecular formula is C9H11N5O2S2. The first kappa shape index (κ1) is 12.7. The fraction of sp³-hybridized carbons (Fsp3) is 0.111. The molecule has 2 aromatic rings. The number of aryl methyl sites for hydroxylation is 1. The first-order valence-electron chi connectivity index (χ1n) is 4.89. The van der Waals surface area contributed by atoms with E-state index in [1.54, 1.807) is 18.4 Å². The van der Waals surface area contributed by atoms with E-state index in [4.69, 9.17) is 5.84 Å². The Morgan fingerprint density at radius 1 is 1.44 bits per heavy atom. The van der Waals surface area contributed by atoms with Crippen molar-refractivity contribution in [1.29, 1.82) is 0 Å². The molecule has 0 aromatic carbocycles. The molecule has 18 heavy (non-hydrogen) atoms. The number of rotatable bonds is 4. The molecule has 0 radical (unpaired) electrons. The Morgan fingerprint density at radius 3 is 2.83 bits per heavy atom. The maximum absolute atomic E-state index is 12.1. The molecule has 0 spiro atoms. The van der Waals surface area contributed by atoms with Gasteiger partial charge in [0.25, 0.3) is 10.0 Å². The van der Waals surface area contributed by atoms with Gasteiger partial charge >= 0.3 is 0 Å². The van der Waals surface area contributed by atoms with Crippen molar-refractivity contribution in [1.82, 2.24) is 9.97 Å². The minimum atomic E-state index is -3.80. The van der Waals surface area contributed by atoms with E-state index in [-0.39, 0.29) is 10.7 Å². The molecule has 0 aliphatic heterocycles. The molecule has 0 aliphatic rings. The molecule has 0 bridgehead atoms. The number of nitrogen functional groups attached to an aromatic ring is 1. The summed E-state index contributed by atoms with van der Waals surface area (Å²) in [6.45, 7) is 1.78. The van der Waals surface area contributed by atoms with Crippen molar-refractivity contribution >= 4 is 32.2 Å². The van der Waals surface area contributed by atoms with E-state index in [9.17, 15) is 8.42 Å². The second-order valence-electron chi connectivity index (χ2n) is 3.40. The maximum Gasteiger partial charge on any atom is 0.283 e. The topological polar surface area (TPSA) is 110 Å². The van der Waals surface area contributed by atoms with Crippen LogP contribution in [0.15, 0.2) is 28.7 Å². The zero-order valence-corrected chi connectivity index (χ0v) is 11.0.